The molecule has 0 aliphatic carbocycles. The number of nitrogens with zero attached hydrogens (tertiary/aromatic N) is 1. The van der Waals surface area contributed by atoms with Gasteiger partial charge in [0, 0.05) is 19.0 Å². The van der Waals surface area contributed by atoms with Crippen molar-refractivity contribution < 1.29 is 19.2 Å². The fraction of sp³-hybridized carbons (Fsp3) is 0.174. The number of benzene rings is 3. The highest BCUT2D eigenvalue weighted by molar-refractivity contribution is 5.92. The minimum atomic E-state index is -0.461. The molecule has 0 saturated carbocycles. The van der Waals surface area contributed by atoms with Gasteiger partial charge in [0.05, 0.1) is 17.2 Å². The second-order valence-corrected chi connectivity index (χ2v) is 6.50. The molecule has 3 aromatic rings. The van der Waals surface area contributed by atoms with Crippen molar-refractivity contribution in [2.75, 3.05) is 23.8 Å². The molecule has 0 radical (unpaired) electrons. The zero-order valence-corrected chi connectivity index (χ0v) is 17.0. The quantitative estimate of drug-likeness (QED) is 0.343. The highest BCUT2D eigenvalue weighted by Crippen LogP contribution is 2.30. The maximum atomic E-state index is 12.4. The second kappa shape index (κ2) is 10.6. The van der Waals surface area contributed by atoms with Crippen LogP contribution in [0, 0.1) is 10.1 Å². The van der Waals surface area contributed by atoms with Crippen molar-refractivity contribution in [3.8, 4) is 17.2 Å². The molecule has 0 aromatic heterocycles. The molecule has 0 atom stereocenters. The molecule has 0 fully saturated rings. The molecule has 3 rings (SSSR count). The number of carbonyl (C=O) groups is 1. The Hall–Kier alpha value is -4.07. The number of hydrogen-bond donors (Lipinski definition) is 2. The first-order valence-corrected chi connectivity index (χ1v) is 9.83. The van der Waals surface area contributed by atoms with Crippen LogP contribution in [-0.4, -0.2) is 24.0 Å². The van der Waals surface area contributed by atoms with E-state index in [4.69, 9.17) is 9.47 Å². The number of ether oxygens (including phenoxy) is 2. The molecule has 8 heteroatoms. The second-order valence-electron chi connectivity index (χ2n) is 6.50. The first-order valence-electron chi connectivity index (χ1n) is 9.83. The number of carbonyl (C=O) groups excluding carboxylic acids is 1. The number of nitrogens with one attached hydrogen (secondary N) is 2. The van der Waals surface area contributed by atoms with Crippen molar-refractivity contribution >= 4 is 23.0 Å². The van der Waals surface area contributed by atoms with Crippen molar-refractivity contribution in [3.05, 3.63) is 82.9 Å². The van der Waals surface area contributed by atoms with Crippen LogP contribution in [-0.2, 0) is 4.79 Å². The maximum Gasteiger partial charge on any atom is 0.292 e. The number of nitro benzene ring substituents is 1. The van der Waals surface area contributed by atoms with Gasteiger partial charge in [0.15, 0.2) is 5.75 Å². The zero-order chi connectivity index (χ0) is 22.1. The Morgan fingerprint density at radius 1 is 0.935 bits per heavy atom. The van der Waals surface area contributed by atoms with Gasteiger partial charge in [0.25, 0.3) is 5.69 Å². The van der Waals surface area contributed by atoms with E-state index in [9.17, 15) is 14.9 Å². The Labute approximate surface area is 180 Å². The van der Waals surface area contributed by atoms with E-state index in [1.165, 1.54) is 6.07 Å². The van der Waals surface area contributed by atoms with E-state index in [1.54, 1.807) is 48.5 Å². The van der Waals surface area contributed by atoms with Crippen LogP contribution in [0.1, 0.15) is 13.3 Å². The molecule has 1 amide bonds. The van der Waals surface area contributed by atoms with Gasteiger partial charge >= 0.3 is 0 Å². The molecule has 0 aliphatic rings. The third-order valence-corrected chi connectivity index (χ3v) is 4.29. The number of rotatable bonds is 10. The average molecular weight is 421 g/mol. The van der Waals surface area contributed by atoms with Crippen molar-refractivity contribution in [1.29, 1.82) is 0 Å². The van der Waals surface area contributed by atoms with E-state index in [-0.39, 0.29) is 24.6 Å². The monoisotopic (exact) mass is 421 g/mol. The summed E-state index contributed by atoms with van der Waals surface area (Å²) in [5.41, 5.74) is 0.878. The Balaban J connectivity index is 1.58. The molecule has 31 heavy (non-hydrogen) atoms. The van der Waals surface area contributed by atoms with Gasteiger partial charge < -0.3 is 20.1 Å². The lowest BCUT2D eigenvalue weighted by atomic mass is 10.2. The summed E-state index contributed by atoms with van der Waals surface area (Å²) in [6, 6.07) is 20.6. The maximum absolute atomic E-state index is 12.4. The van der Waals surface area contributed by atoms with Crippen LogP contribution in [0.5, 0.6) is 17.2 Å². The predicted octanol–water partition coefficient (Wildman–Crippen LogP) is 5.23. The summed E-state index contributed by atoms with van der Waals surface area (Å²) in [6.07, 6.45) is 0.128. The fourth-order valence-electron chi connectivity index (χ4n) is 2.86. The molecule has 0 unspecified atom stereocenters. The minimum absolute atomic E-state index is 0.0305. The zero-order valence-electron chi connectivity index (χ0n) is 17.0. The number of nitro groups is 1. The van der Waals surface area contributed by atoms with Gasteiger partial charge in [0.2, 0.25) is 5.91 Å². The largest absolute Gasteiger partial charge is 0.494 e. The van der Waals surface area contributed by atoms with Gasteiger partial charge in [0.1, 0.15) is 17.2 Å². The predicted molar refractivity (Wildman–Crippen MR) is 119 cm³/mol. The van der Waals surface area contributed by atoms with E-state index in [1.807, 2.05) is 25.1 Å². The number of anilines is 2. The Kier molecular flexibility index (Phi) is 7.42. The molecular formula is C23H23N3O5. The summed E-state index contributed by atoms with van der Waals surface area (Å²) in [7, 11) is 0. The summed E-state index contributed by atoms with van der Waals surface area (Å²) < 4.78 is 11.3. The number of amides is 1. The summed E-state index contributed by atoms with van der Waals surface area (Å²) in [4.78, 5) is 23.0. The highest BCUT2D eigenvalue weighted by Gasteiger charge is 2.13. The van der Waals surface area contributed by atoms with Crippen LogP contribution in [0.2, 0.25) is 0 Å². The van der Waals surface area contributed by atoms with Crippen LogP contribution < -0.4 is 20.1 Å². The highest BCUT2D eigenvalue weighted by atomic mass is 16.6. The molecule has 3 aromatic carbocycles. The summed E-state index contributed by atoms with van der Waals surface area (Å²) >= 11 is 0. The Bertz CT molecular complexity index is 1040. The topological polar surface area (TPSA) is 103 Å². The van der Waals surface area contributed by atoms with Gasteiger partial charge in [-0.1, -0.05) is 24.3 Å². The van der Waals surface area contributed by atoms with Gasteiger partial charge in [-0.3, -0.25) is 14.9 Å². The van der Waals surface area contributed by atoms with Crippen molar-refractivity contribution in [1.82, 2.24) is 0 Å². The van der Waals surface area contributed by atoms with E-state index >= 15 is 0 Å². The minimum Gasteiger partial charge on any atom is -0.494 e. The number of para-hydroxylation sites is 4. The lowest BCUT2D eigenvalue weighted by Gasteiger charge is -2.13. The molecule has 8 nitrogen and oxygen atoms in total. The van der Waals surface area contributed by atoms with Crippen LogP contribution in [0.25, 0.3) is 0 Å². The Morgan fingerprint density at radius 3 is 2.29 bits per heavy atom. The van der Waals surface area contributed by atoms with Crippen LogP contribution in [0.15, 0.2) is 72.8 Å². The van der Waals surface area contributed by atoms with Crippen LogP contribution in [0.3, 0.4) is 0 Å². The van der Waals surface area contributed by atoms with Crippen molar-refractivity contribution in [2.45, 2.75) is 13.3 Å². The summed E-state index contributed by atoms with van der Waals surface area (Å²) in [6.45, 7) is 2.75. The molecular weight excluding hydrogens is 398 g/mol. The van der Waals surface area contributed by atoms with E-state index < -0.39 is 4.92 Å². The first-order chi connectivity index (χ1) is 15.1. The molecule has 0 bridgehead atoms. The Morgan fingerprint density at radius 2 is 1.58 bits per heavy atom. The molecule has 2 N–H and O–H groups in total. The normalized spacial score (nSPS) is 10.2. The van der Waals surface area contributed by atoms with Crippen LogP contribution in [0.4, 0.5) is 17.1 Å². The molecule has 160 valence electrons. The van der Waals surface area contributed by atoms with Crippen molar-refractivity contribution in [3.63, 3.8) is 0 Å². The third-order valence-electron chi connectivity index (χ3n) is 4.29. The van der Waals surface area contributed by atoms with Gasteiger partial charge in [-0.05, 0) is 49.4 Å². The lowest BCUT2D eigenvalue weighted by molar-refractivity contribution is -0.384. The number of hydrogen-bond acceptors (Lipinski definition) is 6. The van der Waals surface area contributed by atoms with Crippen LogP contribution >= 0.6 is 0 Å². The van der Waals surface area contributed by atoms with Gasteiger partial charge in [-0.15, -0.1) is 0 Å². The molecule has 0 spiro atoms. The fourth-order valence-corrected chi connectivity index (χ4v) is 2.86. The van der Waals surface area contributed by atoms with E-state index in [2.05, 4.69) is 10.6 Å². The average Bonchev–Trinajstić information content (AvgIpc) is 2.77. The molecule has 0 aliphatic heterocycles. The smallest absolute Gasteiger partial charge is 0.292 e. The lowest BCUT2D eigenvalue weighted by Crippen LogP contribution is -2.17. The summed E-state index contributed by atoms with van der Waals surface area (Å²) in [5.74, 6) is 1.63. The third kappa shape index (κ3) is 6.20. The van der Waals surface area contributed by atoms with Crippen molar-refractivity contribution in [2.24, 2.45) is 0 Å². The standard InChI is InChI=1S/C23H23N3O5/c1-2-30-17-11-13-18(14-12-17)31-22-10-6-4-8-20(22)25-23(27)15-16-24-19-7-3-5-9-21(19)26(28)29/h3-14,24H,2,15-16H2,1H3,(H,25,27). The first kappa shape index (κ1) is 21.6. The van der Waals surface area contributed by atoms with E-state index in [0.29, 0.717) is 29.5 Å². The molecule has 0 saturated heterocycles. The van der Waals surface area contributed by atoms with E-state index in [0.717, 1.165) is 5.75 Å². The van der Waals surface area contributed by atoms with Gasteiger partial charge in [-0.25, -0.2) is 0 Å². The molecule has 0 heterocycles. The van der Waals surface area contributed by atoms with Gasteiger partial charge in [-0.2, -0.15) is 0 Å². The summed E-state index contributed by atoms with van der Waals surface area (Å²) in [5, 5.41) is 16.8. The SMILES string of the molecule is CCOc1ccc(Oc2ccccc2NC(=O)CCNc2ccccc2[N+](=O)[O-])cc1.